The van der Waals surface area contributed by atoms with E-state index in [0.29, 0.717) is 12.6 Å². The van der Waals surface area contributed by atoms with Gasteiger partial charge in [0.25, 0.3) is 0 Å². The van der Waals surface area contributed by atoms with Crippen LogP contribution in [0.25, 0.3) is 0 Å². The molecule has 0 bridgehead atoms. The first-order valence-electron chi connectivity index (χ1n) is 6.69. The average molecular weight is 281 g/mol. The summed E-state index contributed by atoms with van der Waals surface area (Å²) in [4.78, 5) is 1.30. The van der Waals surface area contributed by atoms with Crippen molar-refractivity contribution >= 4 is 11.8 Å². The molecule has 0 spiro atoms. The van der Waals surface area contributed by atoms with Crippen LogP contribution >= 0.6 is 11.8 Å². The van der Waals surface area contributed by atoms with Gasteiger partial charge in [0.05, 0.1) is 12.7 Å². The number of nitrogens with one attached hydrogen (secondary N) is 1. The van der Waals surface area contributed by atoms with Crippen molar-refractivity contribution in [3.05, 3.63) is 29.8 Å². The van der Waals surface area contributed by atoms with Gasteiger partial charge in [-0.25, -0.2) is 0 Å². The first kappa shape index (κ1) is 14.9. The second-order valence-corrected chi connectivity index (χ2v) is 6.23. The summed E-state index contributed by atoms with van der Waals surface area (Å²) >= 11 is 1.77. The van der Waals surface area contributed by atoms with Gasteiger partial charge in [-0.15, -0.1) is 11.8 Å². The lowest BCUT2D eigenvalue weighted by Gasteiger charge is -2.19. The third-order valence-electron chi connectivity index (χ3n) is 3.33. The molecule has 1 aromatic carbocycles. The third-order valence-corrected chi connectivity index (χ3v) is 4.08. The largest absolute Gasteiger partial charge is 0.348 e. The molecule has 1 heterocycles. The van der Waals surface area contributed by atoms with Crippen LogP contribution in [0.1, 0.15) is 32.4 Å². The summed E-state index contributed by atoms with van der Waals surface area (Å²) in [6.45, 7) is 7.57. The Bertz CT molecular complexity index is 405. The Kier molecular flexibility index (Phi) is 4.90. The predicted molar refractivity (Wildman–Crippen MR) is 79.5 cm³/mol. The molecule has 2 atom stereocenters. The number of hydrogen-bond donors (Lipinski definition) is 1. The molecule has 1 fully saturated rings. The molecule has 1 aliphatic rings. The van der Waals surface area contributed by atoms with Crippen LogP contribution < -0.4 is 5.32 Å². The SMILES string of the molecule is CSc1ccc(C(C)NCC2COC(C)(C)O2)cc1. The number of thioether (sulfide) groups is 1. The molecule has 0 radical (unpaired) electrons. The predicted octanol–water partition coefficient (Wildman–Crippen LogP) is 3.21. The Balaban J connectivity index is 1.82. The summed E-state index contributed by atoms with van der Waals surface area (Å²) < 4.78 is 11.3. The van der Waals surface area contributed by atoms with Crippen LogP contribution in [0.3, 0.4) is 0 Å². The molecule has 4 heteroatoms. The second kappa shape index (κ2) is 6.27. The van der Waals surface area contributed by atoms with Crippen molar-refractivity contribution in [2.75, 3.05) is 19.4 Å². The van der Waals surface area contributed by atoms with Gasteiger partial charge in [0.15, 0.2) is 5.79 Å². The Morgan fingerprint density at radius 3 is 2.58 bits per heavy atom. The van der Waals surface area contributed by atoms with Crippen molar-refractivity contribution in [3.63, 3.8) is 0 Å². The van der Waals surface area contributed by atoms with E-state index in [0.717, 1.165) is 6.54 Å². The highest BCUT2D eigenvalue weighted by Crippen LogP contribution is 2.23. The number of hydrogen-bond acceptors (Lipinski definition) is 4. The van der Waals surface area contributed by atoms with Crippen molar-refractivity contribution in [3.8, 4) is 0 Å². The molecular weight excluding hydrogens is 258 g/mol. The molecule has 106 valence electrons. The Labute approximate surface area is 120 Å². The van der Waals surface area contributed by atoms with E-state index < -0.39 is 5.79 Å². The van der Waals surface area contributed by atoms with Crippen LogP contribution in [-0.2, 0) is 9.47 Å². The molecule has 2 rings (SSSR count). The Morgan fingerprint density at radius 2 is 2.05 bits per heavy atom. The molecule has 0 aromatic heterocycles. The van der Waals surface area contributed by atoms with Crippen molar-refractivity contribution in [1.29, 1.82) is 0 Å². The lowest BCUT2D eigenvalue weighted by atomic mass is 10.1. The number of ether oxygens (including phenoxy) is 2. The smallest absolute Gasteiger partial charge is 0.163 e. The minimum Gasteiger partial charge on any atom is -0.348 e. The summed E-state index contributed by atoms with van der Waals surface area (Å²) in [5, 5.41) is 3.50. The summed E-state index contributed by atoms with van der Waals surface area (Å²) in [7, 11) is 0. The molecule has 3 nitrogen and oxygen atoms in total. The minimum absolute atomic E-state index is 0.142. The van der Waals surface area contributed by atoms with Crippen LogP contribution in [0, 0.1) is 0 Å². The van der Waals surface area contributed by atoms with Gasteiger partial charge >= 0.3 is 0 Å². The first-order valence-corrected chi connectivity index (χ1v) is 7.92. The summed E-state index contributed by atoms with van der Waals surface area (Å²) in [5.74, 6) is -0.435. The van der Waals surface area contributed by atoms with E-state index in [1.807, 2.05) is 13.8 Å². The maximum Gasteiger partial charge on any atom is 0.163 e. The molecule has 0 aliphatic carbocycles. The van der Waals surface area contributed by atoms with Crippen molar-refractivity contribution < 1.29 is 9.47 Å². The van der Waals surface area contributed by atoms with E-state index in [1.54, 1.807) is 11.8 Å². The Morgan fingerprint density at radius 1 is 1.37 bits per heavy atom. The van der Waals surface area contributed by atoms with E-state index in [2.05, 4.69) is 42.8 Å². The molecular formula is C15H23NO2S. The topological polar surface area (TPSA) is 30.5 Å². The maximum absolute atomic E-state index is 5.78. The normalized spacial score (nSPS) is 23.5. The number of rotatable bonds is 5. The van der Waals surface area contributed by atoms with E-state index in [9.17, 15) is 0 Å². The molecule has 1 aliphatic heterocycles. The van der Waals surface area contributed by atoms with Crippen LogP contribution in [0.15, 0.2) is 29.2 Å². The first-order chi connectivity index (χ1) is 9.00. The molecule has 1 aromatic rings. The quantitative estimate of drug-likeness (QED) is 0.840. The minimum atomic E-state index is -0.435. The van der Waals surface area contributed by atoms with E-state index >= 15 is 0 Å². The molecule has 0 saturated carbocycles. The van der Waals surface area contributed by atoms with E-state index in [1.165, 1.54) is 10.5 Å². The summed E-state index contributed by atoms with van der Waals surface area (Å²) in [5.41, 5.74) is 1.30. The fourth-order valence-corrected chi connectivity index (χ4v) is 2.59. The van der Waals surface area contributed by atoms with Gasteiger partial charge < -0.3 is 14.8 Å². The monoisotopic (exact) mass is 281 g/mol. The molecule has 1 saturated heterocycles. The van der Waals surface area contributed by atoms with Crippen molar-refractivity contribution in [2.45, 2.75) is 43.6 Å². The second-order valence-electron chi connectivity index (χ2n) is 5.35. The molecule has 1 N–H and O–H groups in total. The van der Waals surface area contributed by atoms with Crippen LogP contribution in [0.2, 0.25) is 0 Å². The van der Waals surface area contributed by atoms with Gasteiger partial charge in [-0.1, -0.05) is 12.1 Å². The van der Waals surface area contributed by atoms with Gasteiger partial charge in [-0.05, 0) is 44.7 Å². The van der Waals surface area contributed by atoms with Crippen LogP contribution in [-0.4, -0.2) is 31.3 Å². The zero-order valence-corrected chi connectivity index (χ0v) is 12.9. The van der Waals surface area contributed by atoms with Crippen molar-refractivity contribution in [1.82, 2.24) is 5.32 Å². The van der Waals surface area contributed by atoms with Gasteiger partial charge in [0.2, 0.25) is 0 Å². The fourth-order valence-electron chi connectivity index (χ4n) is 2.18. The zero-order valence-electron chi connectivity index (χ0n) is 12.1. The fraction of sp³-hybridized carbons (Fsp3) is 0.600. The molecule has 2 unspecified atom stereocenters. The van der Waals surface area contributed by atoms with Crippen LogP contribution in [0.4, 0.5) is 0 Å². The van der Waals surface area contributed by atoms with E-state index in [4.69, 9.17) is 9.47 Å². The standard InChI is InChI=1S/C15H23NO2S/c1-11(12-5-7-14(19-4)8-6-12)16-9-13-10-17-15(2,3)18-13/h5-8,11,13,16H,9-10H2,1-4H3. The van der Waals surface area contributed by atoms with Gasteiger partial charge in [0.1, 0.15) is 0 Å². The summed E-state index contributed by atoms with van der Waals surface area (Å²) in [6, 6.07) is 9.01. The van der Waals surface area contributed by atoms with Crippen LogP contribution in [0.5, 0.6) is 0 Å². The summed E-state index contributed by atoms with van der Waals surface area (Å²) in [6.07, 6.45) is 2.23. The highest BCUT2D eigenvalue weighted by atomic mass is 32.2. The number of benzene rings is 1. The lowest BCUT2D eigenvalue weighted by molar-refractivity contribution is -0.137. The highest BCUT2D eigenvalue weighted by Gasteiger charge is 2.32. The molecule has 19 heavy (non-hydrogen) atoms. The van der Waals surface area contributed by atoms with E-state index in [-0.39, 0.29) is 6.10 Å². The van der Waals surface area contributed by atoms with Crippen molar-refractivity contribution in [2.24, 2.45) is 0 Å². The third kappa shape index (κ3) is 4.21. The molecule has 0 amide bonds. The highest BCUT2D eigenvalue weighted by molar-refractivity contribution is 7.98. The Hall–Kier alpha value is -0.550. The van der Waals surface area contributed by atoms with Gasteiger partial charge in [0, 0.05) is 17.5 Å². The van der Waals surface area contributed by atoms with Gasteiger partial charge in [-0.2, -0.15) is 0 Å². The maximum atomic E-state index is 5.78. The van der Waals surface area contributed by atoms with Gasteiger partial charge in [-0.3, -0.25) is 0 Å². The average Bonchev–Trinajstić information content (AvgIpc) is 2.76. The lowest BCUT2D eigenvalue weighted by Crippen LogP contribution is -2.32. The zero-order chi connectivity index (χ0) is 13.9.